The maximum absolute atomic E-state index is 12.9. The molecule has 138 valence electrons. The van der Waals surface area contributed by atoms with E-state index >= 15 is 0 Å². The van der Waals surface area contributed by atoms with Crippen molar-refractivity contribution in [3.8, 4) is 0 Å². The molecule has 4 heteroatoms. The highest BCUT2D eigenvalue weighted by molar-refractivity contribution is 5.94. The smallest absolute Gasteiger partial charge is 0.253 e. The number of carbonyl (C=O) groups is 1. The molecule has 1 amide bonds. The lowest BCUT2D eigenvalue weighted by Gasteiger charge is -2.38. The number of benzene rings is 1. The van der Waals surface area contributed by atoms with Crippen LogP contribution < -0.4 is 0 Å². The van der Waals surface area contributed by atoms with Crippen molar-refractivity contribution >= 4 is 5.91 Å². The van der Waals surface area contributed by atoms with Gasteiger partial charge in [0.2, 0.25) is 0 Å². The Morgan fingerprint density at radius 3 is 2.44 bits per heavy atom. The highest BCUT2D eigenvalue weighted by atomic mass is 16.3. The number of hydrogen-bond acceptors (Lipinski definition) is 3. The second kappa shape index (κ2) is 7.08. The molecule has 25 heavy (non-hydrogen) atoms. The van der Waals surface area contributed by atoms with Crippen LogP contribution in [0.3, 0.4) is 0 Å². The number of carbonyl (C=O) groups excluding carboxylic acids is 1. The van der Waals surface area contributed by atoms with Crippen molar-refractivity contribution in [1.82, 2.24) is 9.80 Å². The summed E-state index contributed by atoms with van der Waals surface area (Å²) >= 11 is 0. The Morgan fingerprint density at radius 1 is 1.16 bits per heavy atom. The third-order valence-electron chi connectivity index (χ3n) is 6.01. The summed E-state index contributed by atoms with van der Waals surface area (Å²) in [5.41, 5.74) is 2.85. The third kappa shape index (κ3) is 4.06. The van der Waals surface area contributed by atoms with Gasteiger partial charge in [-0.15, -0.1) is 0 Å². The van der Waals surface area contributed by atoms with Gasteiger partial charge >= 0.3 is 0 Å². The van der Waals surface area contributed by atoms with Gasteiger partial charge in [0.1, 0.15) is 0 Å². The van der Waals surface area contributed by atoms with Gasteiger partial charge in [0.05, 0.1) is 5.60 Å². The van der Waals surface area contributed by atoms with E-state index in [1.54, 1.807) is 0 Å². The minimum Gasteiger partial charge on any atom is -0.390 e. The van der Waals surface area contributed by atoms with Crippen molar-refractivity contribution in [2.45, 2.75) is 65.1 Å². The Labute approximate surface area is 151 Å². The maximum atomic E-state index is 12.9. The normalized spacial score (nSPS) is 20.0. The first-order chi connectivity index (χ1) is 11.8. The number of fused-ring (bicyclic) bond motifs is 1. The molecule has 0 aromatic heterocycles. The molecule has 2 aliphatic rings. The van der Waals surface area contributed by atoms with Gasteiger partial charge in [-0.2, -0.15) is 0 Å². The zero-order valence-electron chi connectivity index (χ0n) is 16.1. The summed E-state index contributed by atoms with van der Waals surface area (Å²) in [6.45, 7) is 11.8. The van der Waals surface area contributed by atoms with Gasteiger partial charge in [-0.05, 0) is 76.1 Å². The fourth-order valence-electron chi connectivity index (χ4n) is 4.12. The van der Waals surface area contributed by atoms with E-state index in [0.717, 1.165) is 51.0 Å². The zero-order chi connectivity index (χ0) is 18.2. The molecule has 1 aromatic rings. The fraction of sp³-hybridized carbons (Fsp3) is 0.667. The predicted molar refractivity (Wildman–Crippen MR) is 101 cm³/mol. The molecule has 0 spiro atoms. The molecule has 4 nitrogen and oxygen atoms in total. The second-order valence-corrected chi connectivity index (χ2v) is 8.52. The van der Waals surface area contributed by atoms with Crippen molar-refractivity contribution in [1.29, 1.82) is 0 Å². The topological polar surface area (TPSA) is 43.8 Å². The lowest BCUT2D eigenvalue weighted by molar-refractivity contribution is -0.0108. The second-order valence-electron chi connectivity index (χ2n) is 8.52. The van der Waals surface area contributed by atoms with Gasteiger partial charge in [-0.3, -0.25) is 9.69 Å². The van der Waals surface area contributed by atoms with Gasteiger partial charge in [0, 0.05) is 37.8 Å². The molecule has 2 heterocycles. The van der Waals surface area contributed by atoms with Crippen LogP contribution in [0.1, 0.15) is 62.0 Å². The molecule has 0 aliphatic carbocycles. The zero-order valence-corrected chi connectivity index (χ0v) is 16.1. The van der Waals surface area contributed by atoms with Crippen LogP contribution in [0.25, 0.3) is 0 Å². The largest absolute Gasteiger partial charge is 0.390 e. The number of piperidine rings is 1. The van der Waals surface area contributed by atoms with E-state index in [1.807, 2.05) is 24.8 Å². The Kier molecular flexibility index (Phi) is 5.21. The lowest BCUT2D eigenvalue weighted by Crippen LogP contribution is -2.44. The van der Waals surface area contributed by atoms with E-state index in [9.17, 15) is 9.90 Å². The van der Waals surface area contributed by atoms with Gasteiger partial charge in [-0.1, -0.05) is 6.07 Å². The van der Waals surface area contributed by atoms with Crippen molar-refractivity contribution in [3.63, 3.8) is 0 Å². The Hall–Kier alpha value is -1.39. The maximum Gasteiger partial charge on any atom is 0.253 e. The van der Waals surface area contributed by atoms with Crippen LogP contribution in [0.4, 0.5) is 0 Å². The number of hydrogen-bond donors (Lipinski definition) is 1. The minimum atomic E-state index is -0.650. The van der Waals surface area contributed by atoms with Crippen molar-refractivity contribution in [2.24, 2.45) is 5.92 Å². The summed E-state index contributed by atoms with van der Waals surface area (Å²) in [4.78, 5) is 17.3. The van der Waals surface area contributed by atoms with Gasteiger partial charge < -0.3 is 10.0 Å². The average molecular weight is 344 g/mol. The Bertz CT molecular complexity index is 625. The van der Waals surface area contributed by atoms with E-state index in [0.29, 0.717) is 6.04 Å². The van der Waals surface area contributed by atoms with Gasteiger partial charge in [-0.25, -0.2) is 0 Å². The Balaban J connectivity index is 1.66. The van der Waals surface area contributed by atoms with E-state index in [-0.39, 0.29) is 11.8 Å². The molecule has 0 saturated carbocycles. The highest BCUT2D eigenvalue weighted by Gasteiger charge is 2.32. The Morgan fingerprint density at radius 2 is 1.84 bits per heavy atom. The molecule has 0 bridgehead atoms. The van der Waals surface area contributed by atoms with Gasteiger partial charge in [0.15, 0.2) is 0 Å². The lowest BCUT2D eigenvalue weighted by atomic mass is 9.83. The quantitative estimate of drug-likeness (QED) is 0.916. The van der Waals surface area contributed by atoms with E-state index in [1.165, 1.54) is 11.1 Å². The SMILES string of the molecule is CC(C)N1CCc2cc(C(=O)N3CCC(C(C)(C)O)CC3)ccc2C1. The van der Waals surface area contributed by atoms with Crippen molar-refractivity contribution in [3.05, 3.63) is 34.9 Å². The van der Waals surface area contributed by atoms with E-state index in [2.05, 4.69) is 30.9 Å². The monoisotopic (exact) mass is 344 g/mol. The fourth-order valence-corrected chi connectivity index (χ4v) is 4.12. The van der Waals surface area contributed by atoms with Crippen molar-refractivity contribution < 1.29 is 9.90 Å². The van der Waals surface area contributed by atoms with E-state index in [4.69, 9.17) is 0 Å². The molecule has 1 aromatic carbocycles. The molecule has 0 atom stereocenters. The summed E-state index contributed by atoms with van der Waals surface area (Å²) in [6.07, 6.45) is 2.78. The van der Waals surface area contributed by atoms with Crippen LogP contribution >= 0.6 is 0 Å². The molecular weight excluding hydrogens is 312 g/mol. The van der Waals surface area contributed by atoms with Crippen molar-refractivity contribution in [2.75, 3.05) is 19.6 Å². The summed E-state index contributed by atoms with van der Waals surface area (Å²) in [6, 6.07) is 6.80. The number of amides is 1. The first kappa shape index (κ1) is 18.4. The minimum absolute atomic E-state index is 0.142. The summed E-state index contributed by atoms with van der Waals surface area (Å²) in [7, 11) is 0. The number of rotatable bonds is 3. The summed E-state index contributed by atoms with van der Waals surface area (Å²) < 4.78 is 0. The first-order valence-corrected chi connectivity index (χ1v) is 9.63. The van der Waals surface area contributed by atoms with Crippen LogP contribution in [-0.2, 0) is 13.0 Å². The molecule has 2 aliphatic heterocycles. The molecular formula is C21H32N2O2. The van der Waals surface area contributed by atoms with Crippen LogP contribution in [0.2, 0.25) is 0 Å². The average Bonchev–Trinajstić information content (AvgIpc) is 2.59. The number of nitrogens with zero attached hydrogens (tertiary/aromatic N) is 2. The third-order valence-corrected chi connectivity index (χ3v) is 6.01. The summed E-state index contributed by atoms with van der Waals surface area (Å²) in [5, 5.41) is 10.2. The van der Waals surface area contributed by atoms with Crippen LogP contribution in [-0.4, -0.2) is 52.1 Å². The predicted octanol–water partition coefficient (Wildman–Crippen LogP) is 3.08. The number of likely N-dealkylation sites (tertiary alicyclic amines) is 1. The molecule has 1 fully saturated rings. The summed E-state index contributed by atoms with van der Waals surface area (Å²) in [5.74, 6) is 0.422. The van der Waals surface area contributed by atoms with Crippen LogP contribution in [0.15, 0.2) is 18.2 Å². The van der Waals surface area contributed by atoms with Crippen LogP contribution in [0, 0.1) is 5.92 Å². The molecule has 0 unspecified atom stereocenters. The molecule has 1 saturated heterocycles. The van der Waals surface area contributed by atoms with Gasteiger partial charge in [0.25, 0.3) is 5.91 Å². The number of aliphatic hydroxyl groups is 1. The van der Waals surface area contributed by atoms with Crippen LogP contribution in [0.5, 0.6) is 0 Å². The first-order valence-electron chi connectivity index (χ1n) is 9.63. The standard InChI is InChI=1S/C21H32N2O2/c1-15(2)23-10-7-16-13-17(5-6-18(16)14-23)20(24)22-11-8-19(9-12-22)21(3,4)25/h5-6,13,15,19,25H,7-12,14H2,1-4H3. The molecule has 0 radical (unpaired) electrons. The highest BCUT2D eigenvalue weighted by Crippen LogP contribution is 2.29. The van der Waals surface area contributed by atoms with E-state index < -0.39 is 5.60 Å². The molecule has 3 rings (SSSR count). The molecule has 1 N–H and O–H groups in total.